The number of allylic oxidation sites excluding steroid dienone is 2. The molecule has 0 bridgehead atoms. The summed E-state index contributed by atoms with van der Waals surface area (Å²) in [5.41, 5.74) is 4.32. The van der Waals surface area contributed by atoms with E-state index in [0.717, 1.165) is 33.2 Å². The Bertz CT molecular complexity index is 1500. The molecule has 7 heteroatoms. The van der Waals surface area contributed by atoms with E-state index in [-0.39, 0.29) is 24.2 Å². The lowest BCUT2D eigenvalue weighted by Gasteiger charge is -2.36. The molecule has 2 aromatic carbocycles. The number of hydrogen-bond acceptors (Lipinski definition) is 6. The van der Waals surface area contributed by atoms with E-state index in [1.165, 1.54) is 4.90 Å². The quantitative estimate of drug-likeness (QED) is 0.230. The Morgan fingerprint density at radius 3 is 2.49 bits per heavy atom. The van der Waals surface area contributed by atoms with Crippen molar-refractivity contribution in [2.24, 2.45) is 17.8 Å². The van der Waals surface area contributed by atoms with Crippen molar-refractivity contribution in [2.75, 3.05) is 13.2 Å². The lowest BCUT2D eigenvalue weighted by Crippen LogP contribution is -2.39. The predicted octanol–water partition coefficient (Wildman–Crippen LogP) is 5.35. The summed E-state index contributed by atoms with van der Waals surface area (Å²) in [5.74, 6) is -1.85. The van der Waals surface area contributed by atoms with Crippen LogP contribution in [0.1, 0.15) is 57.2 Å². The first-order valence-electron chi connectivity index (χ1n) is 14.6. The fraction of sp³-hybridized carbons (Fsp3) is 0.382. The van der Waals surface area contributed by atoms with Crippen LogP contribution in [0.2, 0.25) is 0 Å². The zero-order valence-corrected chi connectivity index (χ0v) is 23.7. The van der Waals surface area contributed by atoms with Crippen LogP contribution in [-0.4, -0.2) is 56.3 Å². The number of carbonyl (C=O) groups is 2. The van der Waals surface area contributed by atoms with Crippen molar-refractivity contribution in [1.82, 2.24) is 9.88 Å². The van der Waals surface area contributed by atoms with Crippen molar-refractivity contribution in [3.05, 3.63) is 83.2 Å². The number of pyridine rings is 1. The summed E-state index contributed by atoms with van der Waals surface area (Å²) in [6.07, 6.45) is 5.54. The number of aromatic hydroxyl groups is 1. The number of carbonyl (C=O) groups excluding carboxylic acids is 2. The molecule has 41 heavy (non-hydrogen) atoms. The molecule has 5 rings (SSSR count). The van der Waals surface area contributed by atoms with Crippen molar-refractivity contribution in [3.63, 3.8) is 0 Å². The molecule has 2 aliphatic rings. The maximum Gasteiger partial charge on any atom is 0.233 e. The van der Waals surface area contributed by atoms with Crippen LogP contribution in [0.4, 0.5) is 0 Å². The fourth-order valence-corrected chi connectivity index (χ4v) is 6.70. The van der Waals surface area contributed by atoms with E-state index in [1.54, 1.807) is 12.3 Å². The second-order valence-electron chi connectivity index (χ2n) is 11.0. The summed E-state index contributed by atoms with van der Waals surface area (Å²) >= 11 is 0. The van der Waals surface area contributed by atoms with Gasteiger partial charge in [-0.1, -0.05) is 55.8 Å². The Kier molecular flexibility index (Phi) is 8.66. The number of imide groups is 1. The van der Waals surface area contributed by atoms with Gasteiger partial charge in [-0.15, -0.1) is 0 Å². The van der Waals surface area contributed by atoms with Gasteiger partial charge in [0.15, 0.2) is 0 Å². The van der Waals surface area contributed by atoms with Gasteiger partial charge in [-0.3, -0.25) is 19.5 Å². The molecule has 7 nitrogen and oxygen atoms in total. The van der Waals surface area contributed by atoms with Gasteiger partial charge in [-0.05, 0) is 78.5 Å². The molecule has 0 radical (unpaired) electrons. The minimum absolute atomic E-state index is 0.152. The zero-order valence-electron chi connectivity index (χ0n) is 23.7. The minimum Gasteiger partial charge on any atom is -0.507 e. The van der Waals surface area contributed by atoms with Gasteiger partial charge in [0.1, 0.15) is 5.75 Å². The SMILES string of the molecule is CCCN1C(=O)[C@@H]2[C@@H](CC(CC)=C([C@H](O)CC/C(=C/c3ccc(O)c4ccccc34)c3ccccn3)[C@@H]2CO)C1=O. The minimum atomic E-state index is -0.880. The van der Waals surface area contributed by atoms with Crippen LogP contribution in [0.3, 0.4) is 0 Å². The molecule has 0 saturated carbocycles. The summed E-state index contributed by atoms with van der Waals surface area (Å²) in [5, 5.41) is 34.2. The lowest BCUT2D eigenvalue weighted by molar-refractivity contribution is -0.140. The molecule has 3 N–H and O–H groups in total. The fourth-order valence-electron chi connectivity index (χ4n) is 6.70. The second-order valence-corrected chi connectivity index (χ2v) is 11.0. The number of aliphatic hydroxyl groups excluding tert-OH is 2. The number of likely N-dealkylation sites (tertiary alicyclic amines) is 1. The number of hydrogen-bond donors (Lipinski definition) is 3. The first-order valence-corrected chi connectivity index (χ1v) is 14.6. The first-order chi connectivity index (χ1) is 19.9. The number of phenolic OH excluding ortho intramolecular Hbond substituents is 1. The number of fused-ring (bicyclic) bond motifs is 2. The van der Waals surface area contributed by atoms with E-state index in [0.29, 0.717) is 44.2 Å². The van der Waals surface area contributed by atoms with E-state index in [9.17, 15) is 24.9 Å². The van der Waals surface area contributed by atoms with Crippen molar-refractivity contribution in [2.45, 2.75) is 52.1 Å². The van der Waals surface area contributed by atoms with Gasteiger partial charge in [-0.25, -0.2) is 0 Å². The van der Waals surface area contributed by atoms with Crippen molar-refractivity contribution < 1.29 is 24.9 Å². The Balaban J connectivity index is 1.47. The summed E-state index contributed by atoms with van der Waals surface area (Å²) in [7, 11) is 0. The second kappa shape index (κ2) is 12.4. The summed E-state index contributed by atoms with van der Waals surface area (Å²) < 4.78 is 0. The molecule has 1 fully saturated rings. The third-order valence-electron chi connectivity index (χ3n) is 8.65. The van der Waals surface area contributed by atoms with Crippen LogP contribution in [0, 0.1) is 17.8 Å². The van der Waals surface area contributed by atoms with E-state index < -0.39 is 23.9 Å². The maximum atomic E-state index is 13.3. The van der Waals surface area contributed by atoms with Crippen LogP contribution in [-0.2, 0) is 9.59 Å². The van der Waals surface area contributed by atoms with Crippen LogP contribution >= 0.6 is 0 Å². The Labute approximate surface area is 240 Å². The molecular weight excluding hydrogens is 516 g/mol. The van der Waals surface area contributed by atoms with Crippen LogP contribution in [0.25, 0.3) is 22.4 Å². The van der Waals surface area contributed by atoms with Gasteiger partial charge in [0.05, 0.1) is 30.2 Å². The van der Waals surface area contributed by atoms with Crippen molar-refractivity contribution in [1.29, 1.82) is 0 Å². The number of amides is 2. The highest BCUT2D eigenvalue weighted by Crippen LogP contribution is 2.47. The largest absolute Gasteiger partial charge is 0.507 e. The average molecular weight is 555 g/mol. The molecule has 1 aliphatic heterocycles. The third kappa shape index (κ3) is 5.44. The van der Waals surface area contributed by atoms with E-state index >= 15 is 0 Å². The van der Waals surface area contributed by atoms with Crippen molar-refractivity contribution in [3.8, 4) is 5.75 Å². The van der Waals surface area contributed by atoms with E-state index in [2.05, 4.69) is 4.98 Å². The van der Waals surface area contributed by atoms with Crippen LogP contribution in [0.5, 0.6) is 5.75 Å². The Morgan fingerprint density at radius 1 is 1.05 bits per heavy atom. The zero-order chi connectivity index (χ0) is 29.1. The van der Waals surface area contributed by atoms with Crippen LogP contribution in [0.15, 0.2) is 71.9 Å². The molecule has 1 aliphatic carbocycles. The van der Waals surface area contributed by atoms with Gasteiger partial charge < -0.3 is 15.3 Å². The third-order valence-corrected chi connectivity index (χ3v) is 8.65. The van der Waals surface area contributed by atoms with Gasteiger partial charge >= 0.3 is 0 Å². The molecule has 1 aromatic heterocycles. The molecule has 3 aromatic rings. The Hall–Kier alpha value is -3.81. The normalized spacial score (nSPS) is 22.0. The van der Waals surface area contributed by atoms with Crippen molar-refractivity contribution >= 4 is 34.2 Å². The summed E-state index contributed by atoms with van der Waals surface area (Å²) in [4.78, 5) is 32.3. The highest BCUT2D eigenvalue weighted by molar-refractivity contribution is 6.06. The van der Waals surface area contributed by atoms with E-state index in [4.69, 9.17) is 0 Å². The molecule has 1 saturated heterocycles. The van der Waals surface area contributed by atoms with Gasteiger partial charge in [-0.2, -0.15) is 0 Å². The standard InChI is InChI=1S/C34H38N2O5/c1-3-17-36-33(40)26-19-21(4-2)31(27(20-37)32(26)34(36)41)30(39)15-13-23(28-11-7-8-16-35-28)18-22-12-14-29(38)25-10-6-5-9-24(22)25/h5-12,14,16,18,26-27,30,32,37-39H,3-4,13,15,17,19-20H2,1-2H3/b23-18-/t26-,27+,30-,32-/m1/s1. The maximum absolute atomic E-state index is 13.3. The first kappa shape index (κ1) is 28.7. The predicted molar refractivity (Wildman–Crippen MR) is 159 cm³/mol. The molecule has 0 spiro atoms. The smallest absolute Gasteiger partial charge is 0.233 e. The molecule has 2 amide bonds. The van der Waals surface area contributed by atoms with E-state index in [1.807, 2.05) is 68.5 Å². The highest BCUT2D eigenvalue weighted by atomic mass is 16.3. The molecule has 2 heterocycles. The summed E-state index contributed by atoms with van der Waals surface area (Å²) in [6.45, 7) is 4.02. The monoisotopic (exact) mass is 554 g/mol. The average Bonchev–Trinajstić information content (AvgIpc) is 3.24. The number of nitrogens with zero attached hydrogens (tertiary/aromatic N) is 2. The van der Waals surface area contributed by atoms with Crippen LogP contribution < -0.4 is 0 Å². The number of rotatable bonds is 10. The molecular formula is C34H38N2O5. The highest BCUT2D eigenvalue weighted by Gasteiger charge is 2.54. The molecule has 0 unspecified atom stereocenters. The Morgan fingerprint density at radius 2 is 1.80 bits per heavy atom. The summed E-state index contributed by atoms with van der Waals surface area (Å²) in [6, 6.07) is 17.0. The number of aliphatic hydroxyl groups is 2. The van der Waals surface area contributed by atoms with Gasteiger partial charge in [0.25, 0.3) is 0 Å². The number of benzene rings is 2. The lowest BCUT2D eigenvalue weighted by atomic mass is 9.67. The topological polar surface area (TPSA) is 111 Å². The number of phenols is 1. The number of aromatic nitrogens is 1. The molecule has 4 atom stereocenters. The molecule has 214 valence electrons. The van der Waals surface area contributed by atoms with Gasteiger partial charge in [0.2, 0.25) is 11.8 Å². The van der Waals surface area contributed by atoms with Gasteiger partial charge in [0, 0.05) is 24.0 Å².